The Morgan fingerprint density at radius 2 is 1.22 bits per heavy atom. The third-order valence-corrected chi connectivity index (χ3v) is 4.92. The van der Waals surface area contributed by atoms with E-state index in [0.29, 0.717) is 39.2 Å². The molecular formula is C27H19N3O2. The van der Waals surface area contributed by atoms with E-state index in [1.165, 1.54) is 0 Å². The lowest BCUT2D eigenvalue weighted by Gasteiger charge is -2.12. The highest BCUT2D eigenvalue weighted by atomic mass is 16.2. The molecule has 4 rings (SSSR count). The number of hydrogen-bond acceptors (Lipinski definition) is 3. The molecule has 4 aromatic rings. The normalized spacial score (nSPS) is 10.1. The van der Waals surface area contributed by atoms with Crippen molar-refractivity contribution in [3.8, 4) is 17.2 Å². The number of hydrogen-bond donors (Lipinski definition) is 2. The minimum atomic E-state index is -0.306. The van der Waals surface area contributed by atoms with Gasteiger partial charge in [0.05, 0.1) is 11.6 Å². The van der Waals surface area contributed by atoms with Crippen LogP contribution in [0.15, 0.2) is 103 Å². The van der Waals surface area contributed by atoms with Gasteiger partial charge in [-0.15, -0.1) is 0 Å². The molecule has 154 valence electrons. The molecular weight excluding hydrogens is 398 g/mol. The summed E-state index contributed by atoms with van der Waals surface area (Å²) < 4.78 is 0. The summed E-state index contributed by atoms with van der Waals surface area (Å²) in [6, 6.07) is 32.4. The zero-order valence-electron chi connectivity index (χ0n) is 17.1. The molecule has 4 aromatic carbocycles. The average Bonchev–Trinajstić information content (AvgIpc) is 2.84. The number of carbonyl (C=O) groups is 2. The molecule has 5 heteroatoms. The predicted octanol–water partition coefficient (Wildman–Crippen LogP) is 5.73. The molecule has 0 saturated heterocycles. The molecule has 2 N–H and O–H groups in total. The number of rotatable bonds is 5. The monoisotopic (exact) mass is 417 g/mol. The Labute approximate surface area is 186 Å². The molecule has 0 aliphatic heterocycles. The van der Waals surface area contributed by atoms with Crippen molar-refractivity contribution in [1.29, 1.82) is 5.26 Å². The maximum atomic E-state index is 13.1. The molecule has 2 amide bonds. The Morgan fingerprint density at radius 3 is 1.94 bits per heavy atom. The highest BCUT2D eigenvalue weighted by Gasteiger charge is 2.15. The number of nitriles is 1. The summed E-state index contributed by atoms with van der Waals surface area (Å²) >= 11 is 0. The molecule has 0 saturated carbocycles. The van der Waals surface area contributed by atoms with Crippen molar-refractivity contribution in [2.45, 2.75) is 0 Å². The van der Waals surface area contributed by atoms with Crippen LogP contribution in [-0.4, -0.2) is 11.8 Å². The molecule has 0 bridgehead atoms. The third-order valence-electron chi connectivity index (χ3n) is 4.92. The minimum Gasteiger partial charge on any atom is -0.322 e. The van der Waals surface area contributed by atoms with E-state index in [1.54, 1.807) is 72.8 Å². The van der Waals surface area contributed by atoms with E-state index in [-0.39, 0.29) is 11.8 Å². The number of nitrogens with one attached hydrogen (secondary N) is 2. The van der Waals surface area contributed by atoms with Crippen LogP contribution in [-0.2, 0) is 0 Å². The molecule has 0 radical (unpaired) electrons. The maximum absolute atomic E-state index is 13.1. The van der Waals surface area contributed by atoms with Crippen molar-refractivity contribution >= 4 is 23.2 Å². The van der Waals surface area contributed by atoms with Gasteiger partial charge in [0.2, 0.25) is 0 Å². The van der Waals surface area contributed by atoms with Crippen LogP contribution < -0.4 is 10.6 Å². The predicted molar refractivity (Wildman–Crippen MR) is 125 cm³/mol. The van der Waals surface area contributed by atoms with E-state index in [4.69, 9.17) is 0 Å². The van der Waals surface area contributed by atoms with Gasteiger partial charge in [-0.05, 0) is 48.0 Å². The molecule has 0 atom stereocenters. The Kier molecular flexibility index (Phi) is 6.05. The first-order valence-electron chi connectivity index (χ1n) is 10.0. The summed E-state index contributed by atoms with van der Waals surface area (Å²) in [4.78, 5) is 25.5. The molecule has 0 heterocycles. The number of amides is 2. The lowest BCUT2D eigenvalue weighted by molar-refractivity contribution is 0.101. The lowest BCUT2D eigenvalue weighted by atomic mass is 9.95. The van der Waals surface area contributed by atoms with Crippen LogP contribution in [0.25, 0.3) is 11.1 Å². The van der Waals surface area contributed by atoms with Crippen LogP contribution in [0.1, 0.15) is 26.3 Å². The van der Waals surface area contributed by atoms with E-state index in [9.17, 15) is 14.9 Å². The Balaban J connectivity index is 1.56. The van der Waals surface area contributed by atoms with E-state index in [0.717, 1.165) is 0 Å². The van der Waals surface area contributed by atoms with Crippen LogP contribution in [0.4, 0.5) is 11.4 Å². The summed E-state index contributed by atoms with van der Waals surface area (Å²) in [6.45, 7) is 0. The molecule has 0 aliphatic rings. The largest absolute Gasteiger partial charge is 0.322 e. The van der Waals surface area contributed by atoms with Gasteiger partial charge in [-0.1, -0.05) is 60.7 Å². The summed E-state index contributed by atoms with van der Waals surface area (Å²) in [5, 5.41) is 15.2. The SMILES string of the molecule is N#Cc1ccccc1-c1ccccc1C(=O)Nc1cccc(NC(=O)c2ccccc2)c1. The Bertz CT molecular complexity index is 1320. The summed E-state index contributed by atoms with van der Waals surface area (Å²) in [6.07, 6.45) is 0. The highest BCUT2D eigenvalue weighted by molar-refractivity contribution is 6.09. The third kappa shape index (κ3) is 4.55. The first-order chi connectivity index (χ1) is 15.7. The molecule has 0 fully saturated rings. The second-order valence-corrected chi connectivity index (χ2v) is 7.06. The van der Waals surface area contributed by atoms with Crippen LogP contribution in [0.2, 0.25) is 0 Å². The first kappa shape index (κ1) is 20.6. The van der Waals surface area contributed by atoms with E-state index >= 15 is 0 Å². The molecule has 5 nitrogen and oxygen atoms in total. The molecule has 32 heavy (non-hydrogen) atoms. The number of nitrogens with zero attached hydrogens (tertiary/aromatic N) is 1. The second kappa shape index (κ2) is 9.41. The van der Waals surface area contributed by atoms with Crippen molar-refractivity contribution in [2.24, 2.45) is 0 Å². The average molecular weight is 417 g/mol. The minimum absolute atomic E-state index is 0.229. The van der Waals surface area contributed by atoms with Gasteiger partial charge in [-0.2, -0.15) is 5.26 Å². The van der Waals surface area contributed by atoms with Crippen molar-refractivity contribution < 1.29 is 9.59 Å². The summed E-state index contributed by atoms with van der Waals surface area (Å²) in [5.74, 6) is -0.535. The standard InChI is InChI=1S/C27H19N3O2/c28-18-20-11-4-5-14-23(20)24-15-6-7-16-25(24)27(32)30-22-13-8-12-21(17-22)29-26(31)19-9-2-1-3-10-19/h1-17H,(H,29,31)(H,30,32). The van der Waals surface area contributed by atoms with E-state index < -0.39 is 0 Å². The number of anilines is 2. The van der Waals surface area contributed by atoms with Crippen molar-refractivity contribution in [3.05, 3.63) is 120 Å². The summed E-state index contributed by atoms with van der Waals surface area (Å²) in [7, 11) is 0. The number of benzene rings is 4. The van der Waals surface area contributed by atoms with Crippen LogP contribution >= 0.6 is 0 Å². The highest BCUT2D eigenvalue weighted by Crippen LogP contribution is 2.28. The van der Waals surface area contributed by atoms with Crippen molar-refractivity contribution in [2.75, 3.05) is 10.6 Å². The van der Waals surface area contributed by atoms with Gasteiger partial charge in [-0.3, -0.25) is 9.59 Å². The molecule has 0 spiro atoms. The van der Waals surface area contributed by atoms with E-state index in [2.05, 4.69) is 16.7 Å². The number of carbonyl (C=O) groups excluding carboxylic acids is 2. The molecule has 0 aromatic heterocycles. The Hall–Kier alpha value is -4.69. The van der Waals surface area contributed by atoms with Gasteiger partial charge in [0, 0.05) is 28.1 Å². The molecule has 0 unspecified atom stereocenters. The van der Waals surface area contributed by atoms with Crippen LogP contribution in [0.3, 0.4) is 0 Å². The van der Waals surface area contributed by atoms with E-state index in [1.807, 2.05) is 30.3 Å². The zero-order valence-corrected chi connectivity index (χ0v) is 17.1. The summed E-state index contributed by atoms with van der Waals surface area (Å²) in [5.41, 5.74) is 3.99. The van der Waals surface area contributed by atoms with Gasteiger partial charge in [0.15, 0.2) is 0 Å². The molecule has 0 aliphatic carbocycles. The fourth-order valence-electron chi connectivity index (χ4n) is 3.40. The topological polar surface area (TPSA) is 82.0 Å². The van der Waals surface area contributed by atoms with Gasteiger partial charge in [0.1, 0.15) is 0 Å². The van der Waals surface area contributed by atoms with Gasteiger partial charge in [0.25, 0.3) is 11.8 Å². The smallest absolute Gasteiger partial charge is 0.256 e. The van der Waals surface area contributed by atoms with Crippen LogP contribution in [0.5, 0.6) is 0 Å². The quantitative estimate of drug-likeness (QED) is 0.435. The maximum Gasteiger partial charge on any atom is 0.256 e. The second-order valence-electron chi connectivity index (χ2n) is 7.06. The first-order valence-corrected chi connectivity index (χ1v) is 10.0. The van der Waals surface area contributed by atoms with Crippen LogP contribution in [0, 0.1) is 11.3 Å². The fraction of sp³-hybridized carbons (Fsp3) is 0. The van der Waals surface area contributed by atoms with Gasteiger partial charge < -0.3 is 10.6 Å². The zero-order chi connectivity index (χ0) is 22.3. The van der Waals surface area contributed by atoms with Crippen molar-refractivity contribution in [3.63, 3.8) is 0 Å². The van der Waals surface area contributed by atoms with Gasteiger partial charge in [-0.25, -0.2) is 0 Å². The van der Waals surface area contributed by atoms with Crippen molar-refractivity contribution in [1.82, 2.24) is 0 Å². The fourth-order valence-corrected chi connectivity index (χ4v) is 3.40. The lowest BCUT2D eigenvalue weighted by Crippen LogP contribution is -2.14. The van der Waals surface area contributed by atoms with Gasteiger partial charge >= 0.3 is 0 Å². The Morgan fingerprint density at radius 1 is 0.625 bits per heavy atom.